The number of hydrogen-bond donors (Lipinski definition) is 1. The minimum absolute atomic E-state index is 0.933. The summed E-state index contributed by atoms with van der Waals surface area (Å²) in [6.07, 6.45) is 5.47. The first-order chi connectivity index (χ1) is 5.45. The fourth-order valence-corrected chi connectivity index (χ4v) is 1.41. The van der Waals surface area contributed by atoms with Crippen LogP contribution in [-0.4, -0.2) is 15.0 Å². The Morgan fingerprint density at radius 3 is 3.09 bits per heavy atom. The van der Waals surface area contributed by atoms with E-state index in [1.807, 2.05) is 18.5 Å². The molecule has 11 heavy (non-hydrogen) atoms. The molecular weight excluding hydrogens is 138 g/mol. The van der Waals surface area contributed by atoms with Crippen LogP contribution in [0.1, 0.15) is 0 Å². The topological polar surface area (TPSA) is 41.6 Å². The molecule has 0 fully saturated rings. The van der Waals surface area contributed by atoms with E-state index in [4.69, 9.17) is 0 Å². The summed E-state index contributed by atoms with van der Waals surface area (Å²) in [6.45, 7) is 0. The van der Waals surface area contributed by atoms with Crippen molar-refractivity contribution in [3.05, 3.63) is 24.7 Å². The summed E-state index contributed by atoms with van der Waals surface area (Å²) in [5.41, 5.74) is 2.03. The van der Waals surface area contributed by atoms with Crippen molar-refractivity contribution in [2.75, 3.05) is 0 Å². The molecule has 2 bridgehead atoms. The number of aromatic amines is 1. The molecule has 0 aromatic carbocycles. The molecule has 3 aromatic heterocycles. The maximum absolute atomic E-state index is 4.15. The van der Waals surface area contributed by atoms with Crippen molar-refractivity contribution in [3.63, 3.8) is 0 Å². The number of H-pyrrole nitrogens is 1. The first-order valence-electron chi connectivity index (χ1n) is 3.45. The van der Waals surface area contributed by atoms with Crippen molar-refractivity contribution in [3.8, 4) is 0 Å². The summed E-state index contributed by atoms with van der Waals surface area (Å²) in [4.78, 5) is 11.3. The van der Waals surface area contributed by atoms with Gasteiger partial charge in [0.25, 0.3) is 0 Å². The number of fused-ring (bicyclic) bond motifs is 5. The highest BCUT2D eigenvalue weighted by Crippen LogP contribution is 2.23. The molecule has 0 atom stereocenters. The molecular formula is C8H5N3. The summed E-state index contributed by atoms with van der Waals surface area (Å²) < 4.78 is 0. The van der Waals surface area contributed by atoms with Crippen LogP contribution in [0.15, 0.2) is 24.7 Å². The molecule has 3 rings (SSSR count). The van der Waals surface area contributed by atoms with Crippen molar-refractivity contribution in [1.29, 1.82) is 0 Å². The van der Waals surface area contributed by atoms with Gasteiger partial charge in [0, 0.05) is 23.2 Å². The van der Waals surface area contributed by atoms with Gasteiger partial charge in [-0.05, 0) is 6.07 Å². The SMILES string of the molecule is c1cc2c3cnc([nH]3)c2cn1. The fourth-order valence-electron chi connectivity index (χ4n) is 1.41. The summed E-state index contributed by atoms with van der Waals surface area (Å²) >= 11 is 0. The molecule has 3 heteroatoms. The van der Waals surface area contributed by atoms with Crippen LogP contribution in [0.4, 0.5) is 0 Å². The lowest BCUT2D eigenvalue weighted by Gasteiger charge is -1.88. The summed E-state index contributed by atoms with van der Waals surface area (Å²) in [5.74, 6) is 0. The summed E-state index contributed by atoms with van der Waals surface area (Å²) in [6, 6.07) is 2.00. The maximum Gasteiger partial charge on any atom is 0.140 e. The molecule has 0 saturated carbocycles. The van der Waals surface area contributed by atoms with Crippen molar-refractivity contribution in [2.45, 2.75) is 0 Å². The van der Waals surface area contributed by atoms with Crippen molar-refractivity contribution >= 4 is 21.9 Å². The van der Waals surface area contributed by atoms with Crippen LogP contribution in [0.25, 0.3) is 21.9 Å². The van der Waals surface area contributed by atoms with Crippen LogP contribution in [0.3, 0.4) is 0 Å². The smallest absolute Gasteiger partial charge is 0.140 e. The zero-order valence-corrected chi connectivity index (χ0v) is 5.70. The van der Waals surface area contributed by atoms with Gasteiger partial charge in [-0.15, -0.1) is 0 Å². The molecule has 1 N–H and O–H groups in total. The van der Waals surface area contributed by atoms with Gasteiger partial charge >= 0.3 is 0 Å². The third-order valence-corrected chi connectivity index (χ3v) is 1.94. The molecule has 3 heterocycles. The molecule has 0 radical (unpaired) electrons. The molecule has 0 saturated heterocycles. The molecule has 0 aliphatic rings. The van der Waals surface area contributed by atoms with E-state index in [-0.39, 0.29) is 0 Å². The van der Waals surface area contributed by atoms with Gasteiger partial charge < -0.3 is 4.98 Å². The highest BCUT2D eigenvalue weighted by Gasteiger charge is 2.05. The van der Waals surface area contributed by atoms with Gasteiger partial charge in [0.1, 0.15) is 5.65 Å². The van der Waals surface area contributed by atoms with Gasteiger partial charge in [-0.1, -0.05) is 0 Å². The van der Waals surface area contributed by atoms with E-state index in [1.165, 1.54) is 5.39 Å². The predicted octanol–water partition coefficient (Wildman–Crippen LogP) is 1.55. The lowest BCUT2D eigenvalue weighted by Crippen LogP contribution is -1.72. The van der Waals surface area contributed by atoms with Crippen molar-refractivity contribution in [2.24, 2.45) is 0 Å². The van der Waals surface area contributed by atoms with Crippen molar-refractivity contribution in [1.82, 2.24) is 15.0 Å². The van der Waals surface area contributed by atoms with E-state index in [1.54, 1.807) is 6.20 Å². The fraction of sp³-hybridized carbons (Fsp3) is 0. The lowest BCUT2D eigenvalue weighted by atomic mass is 10.2. The largest absolute Gasteiger partial charge is 0.338 e. The molecule has 0 aliphatic carbocycles. The zero-order valence-electron chi connectivity index (χ0n) is 5.70. The minimum Gasteiger partial charge on any atom is -0.338 e. The van der Waals surface area contributed by atoms with E-state index in [0.29, 0.717) is 0 Å². The quantitative estimate of drug-likeness (QED) is 0.518. The number of nitrogens with one attached hydrogen (secondary N) is 1. The predicted molar refractivity (Wildman–Crippen MR) is 42.6 cm³/mol. The highest BCUT2D eigenvalue weighted by atomic mass is 14.9. The third kappa shape index (κ3) is 0.487. The van der Waals surface area contributed by atoms with Gasteiger partial charge in [-0.2, -0.15) is 0 Å². The summed E-state index contributed by atoms with van der Waals surface area (Å²) in [7, 11) is 0. The Hall–Kier alpha value is -1.64. The van der Waals surface area contributed by atoms with Crippen LogP contribution in [-0.2, 0) is 0 Å². The highest BCUT2D eigenvalue weighted by molar-refractivity contribution is 6.06. The Bertz CT molecular complexity index is 453. The second kappa shape index (κ2) is 1.50. The van der Waals surface area contributed by atoms with Crippen LogP contribution in [0.2, 0.25) is 0 Å². The summed E-state index contributed by atoms with van der Waals surface area (Å²) in [5, 5.41) is 2.33. The average molecular weight is 143 g/mol. The molecule has 0 unspecified atom stereocenters. The van der Waals surface area contributed by atoms with Gasteiger partial charge in [-0.25, -0.2) is 4.98 Å². The van der Waals surface area contributed by atoms with Gasteiger partial charge in [0.15, 0.2) is 0 Å². The minimum atomic E-state index is 0.933. The number of rotatable bonds is 0. The van der Waals surface area contributed by atoms with Crippen LogP contribution >= 0.6 is 0 Å². The second-order valence-corrected chi connectivity index (χ2v) is 2.57. The molecule has 3 aromatic rings. The number of aromatic nitrogens is 3. The second-order valence-electron chi connectivity index (χ2n) is 2.57. The Balaban J connectivity index is 2.76. The molecule has 52 valence electrons. The zero-order chi connectivity index (χ0) is 7.26. The van der Waals surface area contributed by atoms with E-state index in [2.05, 4.69) is 15.0 Å². The van der Waals surface area contributed by atoms with Crippen LogP contribution < -0.4 is 0 Å². The van der Waals surface area contributed by atoms with Crippen LogP contribution in [0, 0.1) is 0 Å². The van der Waals surface area contributed by atoms with Crippen molar-refractivity contribution < 1.29 is 0 Å². The molecule has 0 spiro atoms. The first kappa shape index (κ1) is 5.07. The average Bonchev–Trinajstić information content (AvgIpc) is 2.64. The molecule has 0 aliphatic heterocycles. The van der Waals surface area contributed by atoms with E-state index in [9.17, 15) is 0 Å². The monoisotopic (exact) mass is 143 g/mol. The first-order valence-corrected chi connectivity index (χ1v) is 3.45. The van der Waals surface area contributed by atoms with Gasteiger partial charge in [-0.3, -0.25) is 4.98 Å². The number of pyridine rings is 2. The number of imidazole rings is 1. The number of nitrogens with zero attached hydrogens (tertiary/aromatic N) is 2. The standard InChI is InChI=1S/C8H5N3/c1-2-9-3-6-5(1)7-4-10-8(6)11-7/h1-4H,(H,10,11). The van der Waals surface area contributed by atoms with E-state index in [0.717, 1.165) is 16.6 Å². The Kier molecular flexibility index (Phi) is 0.692. The molecule has 3 nitrogen and oxygen atoms in total. The van der Waals surface area contributed by atoms with Crippen LogP contribution in [0.5, 0.6) is 0 Å². The Morgan fingerprint density at radius 1 is 1.18 bits per heavy atom. The third-order valence-electron chi connectivity index (χ3n) is 1.94. The Morgan fingerprint density at radius 2 is 2.18 bits per heavy atom. The van der Waals surface area contributed by atoms with Gasteiger partial charge in [0.2, 0.25) is 0 Å². The van der Waals surface area contributed by atoms with Gasteiger partial charge in [0.05, 0.1) is 11.7 Å². The number of hydrogen-bond acceptors (Lipinski definition) is 2. The van der Waals surface area contributed by atoms with E-state index >= 15 is 0 Å². The van der Waals surface area contributed by atoms with E-state index < -0.39 is 0 Å². The maximum atomic E-state index is 4.15. The normalized spacial score (nSPS) is 11.6. The molecule has 0 amide bonds. The Labute approximate surface area is 62.4 Å². The lowest BCUT2D eigenvalue weighted by molar-refractivity contribution is 1.36.